The van der Waals surface area contributed by atoms with Crippen LogP contribution in [-0.4, -0.2) is 49.3 Å². The zero-order chi connectivity index (χ0) is 17.2. The van der Waals surface area contributed by atoms with Crippen molar-refractivity contribution in [3.05, 3.63) is 0 Å². The van der Waals surface area contributed by atoms with Crippen molar-refractivity contribution in [2.45, 2.75) is 69.4 Å². The van der Waals surface area contributed by atoms with Crippen LogP contribution in [0.15, 0.2) is 0 Å². The lowest BCUT2D eigenvalue weighted by Gasteiger charge is -2.57. The largest absolute Gasteiger partial charge is 0.379 e. The van der Waals surface area contributed by atoms with E-state index in [1.807, 2.05) is 0 Å². The van der Waals surface area contributed by atoms with E-state index in [4.69, 9.17) is 19.2 Å². The van der Waals surface area contributed by atoms with Crippen LogP contribution in [0.3, 0.4) is 0 Å². The van der Waals surface area contributed by atoms with Crippen molar-refractivity contribution in [2.24, 2.45) is 29.6 Å². The van der Waals surface area contributed by atoms with Gasteiger partial charge in [-0.15, -0.1) is 0 Å². The van der Waals surface area contributed by atoms with Gasteiger partial charge in [-0.3, -0.25) is 4.90 Å². The Bertz CT molecular complexity index is 510. The van der Waals surface area contributed by atoms with Crippen molar-refractivity contribution >= 4 is 0 Å². The standard InChI is InChI=1S/C21H33NO4/c1-3-20(4-2-15(1)14-22-5-7-23-8-6-22)24-21(26-25-20)18-10-16-9-17(12-18)13-19(21)11-16/h15-19H,1-14H2. The molecule has 0 aromatic heterocycles. The molecule has 0 atom stereocenters. The Morgan fingerprint density at radius 2 is 1.46 bits per heavy atom. The van der Waals surface area contributed by atoms with E-state index in [1.165, 1.54) is 51.5 Å². The van der Waals surface area contributed by atoms with Crippen LogP contribution in [0, 0.1) is 29.6 Å². The predicted octanol–water partition coefficient (Wildman–Crippen LogP) is 3.34. The van der Waals surface area contributed by atoms with Gasteiger partial charge in [-0.25, -0.2) is 0 Å². The molecule has 2 heterocycles. The third kappa shape index (κ3) is 2.61. The molecular weight excluding hydrogens is 330 g/mol. The fourth-order valence-corrected chi connectivity index (χ4v) is 7.24. The molecule has 2 spiro atoms. The van der Waals surface area contributed by atoms with E-state index in [2.05, 4.69) is 4.90 Å². The highest BCUT2D eigenvalue weighted by atomic mass is 17.3. The average Bonchev–Trinajstić information content (AvgIpc) is 3.03. The monoisotopic (exact) mass is 363 g/mol. The SMILES string of the molecule is C1CN(CC2CCC3(CC2)OOC2(O3)C3CC4CC(C3)CC2C4)CCO1. The Kier molecular flexibility index (Phi) is 3.96. The minimum absolute atomic E-state index is 0.398. The molecule has 7 fully saturated rings. The number of nitrogens with zero attached hydrogens (tertiary/aromatic N) is 1. The minimum atomic E-state index is -0.448. The second kappa shape index (κ2) is 6.15. The van der Waals surface area contributed by atoms with Crippen LogP contribution in [0.4, 0.5) is 0 Å². The number of hydrogen-bond acceptors (Lipinski definition) is 5. The summed E-state index contributed by atoms with van der Waals surface area (Å²) in [6, 6.07) is 0. The number of rotatable bonds is 2. The van der Waals surface area contributed by atoms with Gasteiger partial charge < -0.3 is 9.47 Å². The van der Waals surface area contributed by atoms with Crippen molar-refractivity contribution in [1.29, 1.82) is 0 Å². The van der Waals surface area contributed by atoms with Crippen LogP contribution in [0.2, 0.25) is 0 Å². The second-order valence-corrected chi connectivity index (χ2v) is 10.1. The Hall–Kier alpha value is -0.200. The van der Waals surface area contributed by atoms with Gasteiger partial charge in [-0.1, -0.05) is 0 Å². The fourth-order valence-electron chi connectivity index (χ4n) is 7.24. The summed E-state index contributed by atoms with van der Waals surface area (Å²) in [5.41, 5.74) is 0. The first-order valence-corrected chi connectivity index (χ1v) is 11.1. The summed E-state index contributed by atoms with van der Waals surface area (Å²) in [6.07, 6.45) is 11.0. The molecule has 0 N–H and O–H groups in total. The smallest absolute Gasteiger partial charge is 0.210 e. The molecule has 4 bridgehead atoms. The summed E-state index contributed by atoms with van der Waals surface area (Å²) < 4.78 is 12.3. The second-order valence-electron chi connectivity index (χ2n) is 10.1. The molecule has 0 unspecified atom stereocenters. The van der Waals surface area contributed by atoms with Crippen LogP contribution < -0.4 is 0 Å². The van der Waals surface area contributed by atoms with Gasteiger partial charge in [-0.05, 0) is 62.7 Å². The topological polar surface area (TPSA) is 40.2 Å². The van der Waals surface area contributed by atoms with Crippen LogP contribution in [-0.2, 0) is 19.2 Å². The summed E-state index contributed by atoms with van der Waals surface area (Å²) in [5.74, 6) is 2.92. The normalized spacial score (nSPS) is 53.8. The quantitative estimate of drug-likeness (QED) is 0.704. The van der Waals surface area contributed by atoms with E-state index in [9.17, 15) is 0 Å². The average molecular weight is 363 g/mol. The van der Waals surface area contributed by atoms with Gasteiger partial charge in [0, 0.05) is 44.3 Å². The molecular formula is C21H33NO4. The van der Waals surface area contributed by atoms with E-state index >= 15 is 0 Å². The Morgan fingerprint density at radius 3 is 2.12 bits per heavy atom. The first-order valence-electron chi connectivity index (χ1n) is 11.1. The molecule has 0 amide bonds. The minimum Gasteiger partial charge on any atom is -0.379 e. The lowest BCUT2D eigenvalue weighted by atomic mass is 9.53. The molecule has 5 saturated carbocycles. The van der Waals surface area contributed by atoms with Gasteiger partial charge in [0.2, 0.25) is 11.6 Å². The Morgan fingerprint density at radius 1 is 0.808 bits per heavy atom. The number of hydrogen-bond donors (Lipinski definition) is 0. The Labute approximate surface area is 156 Å². The summed E-state index contributed by atoms with van der Waals surface area (Å²) in [6.45, 7) is 5.17. The molecule has 5 aliphatic carbocycles. The molecule has 2 saturated heterocycles. The van der Waals surface area contributed by atoms with E-state index in [0.717, 1.165) is 56.9 Å². The maximum atomic E-state index is 6.81. The van der Waals surface area contributed by atoms with Gasteiger partial charge in [0.1, 0.15) is 0 Å². The molecule has 7 rings (SSSR count). The Balaban J connectivity index is 1.10. The molecule has 7 aliphatic rings. The van der Waals surface area contributed by atoms with Crippen LogP contribution >= 0.6 is 0 Å². The van der Waals surface area contributed by atoms with E-state index in [1.54, 1.807) is 0 Å². The van der Waals surface area contributed by atoms with Crippen LogP contribution in [0.25, 0.3) is 0 Å². The lowest BCUT2D eigenvalue weighted by Crippen LogP contribution is -2.59. The number of ether oxygens (including phenoxy) is 2. The van der Waals surface area contributed by atoms with Gasteiger partial charge in [-0.2, -0.15) is 9.78 Å². The van der Waals surface area contributed by atoms with Crippen molar-refractivity contribution < 1.29 is 19.2 Å². The molecule has 2 aliphatic heterocycles. The van der Waals surface area contributed by atoms with E-state index < -0.39 is 11.6 Å². The highest BCUT2D eigenvalue weighted by molar-refractivity contribution is 5.05. The van der Waals surface area contributed by atoms with Crippen molar-refractivity contribution in [3.63, 3.8) is 0 Å². The van der Waals surface area contributed by atoms with Crippen molar-refractivity contribution in [1.82, 2.24) is 4.90 Å². The van der Waals surface area contributed by atoms with Gasteiger partial charge in [0.25, 0.3) is 0 Å². The van der Waals surface area contributed by atoms with E-state index in [0.29, 0.717) is 11.8 Å². The molecule has 0 aromatic rings. The molecule has 5 nitrogen and oxygen atoms in total. The fraction of sp³-hybridized carbons (Fsp3) is 1.00. The summed E-state index contributed by atoms with van der Waals surface area (Å²) in [5, 5.41) is 0. The highest BCUT2D eigenvalue weighted by Gasteiger charge is 2.66. The highest BCUT2D eigenvalue weighted by Crippen LogP contribution is 2.63. The first-order chi connectivity index (χ1) is 12.7. The third-order valence-corrected chi connectivity index (χ3v) is 8.43. The lowest BCUT2D eigenvalue weighted by molar-refractivity contribution is -0.390. The molecule has 5 heteroatoms. The van der Waals surface area contributed by atoms with Crippen LogP contribution in [0.1, 0.15) is 57.8 Å². The zero-order valence-electron chi connectivity index (χ0n) is 15.9. The molecule has 26 heavy (non-hydrogen) atoms. The molecule has 146 valence electrons. The van der Waals surface area contributed by atoms with Crippen molar-refractivity contribution in [3.8, 4) is 0 Å². The summed E-state index contributed by atoms with van der Waals surface area (Å²) in [7, 11) is 0. The van der Waals surface area contributed by atoms with Gasteiger partial charge >= 0.3 is 0 Å². The maximum Gasteiger partial charge on any atom is 0.210 e. The van der Waals surface area contributed by atoms with Crippen molar-refractivity contribution in [2.75, 3.05) is 32.8 Å². The van der Waals surface area contributed by atoms with E-state index in [-0.39, 0.29) is 0 Å². The first kappa shape index (κ1) is 16.7. The molecule has 0 aromatic carbocycles. The van der Waals surface area contributed by atoms with Crippen LogP contribution in [0.5, 0.6) is 0 Å². The number of morpholine rings is 1. The third-order valence-electron chi connectivity index (χ3n) is 8.43. The zero-order valence-corrected chi connectivity index (χ0v) is 15.9. The van der Waals surface area contributed by atoms with Gasteiger partial charge in [0.05, 0.1) is 13.2 Å². The summed E-state index contributed by atoms with van der Waals surface area (Å²) in [4.78, 5) is 14.8. The predicted molar refractivity (Wildman–Crippen MR) is 95.0 cm³/mol. The van der Waals surface area contributed by atoms with Gasteiger partial charge in [0.15, 0.2) is 0 Å². The molecule has 0 radical (unpaired) electrons. The maximum absolute atomic E-state index is 6.81. The summed E-state index contributed by atoms with van der Waals surface area (Å²) >= 11 is 0.